The Kier molecular flexibility index (Phi) is 8.25. The molecule has 0 spiro atoms. The molecule has 0 bridgehead atoms. The maximum Gasteiger partial charge on any atom is 0.276 e. The molecule has 0 aliphatic rings. The van der Waals surface area contributed by atoms with E-state index in [-0.39, 0.29) is 10.7 Å². The molecule has 0 unspecified atom stereocenters. The molecule has 0 saturated carbocycles. The molecule has 0 aliphatic heterocycles. The van der Waals surface area contributed by atoms with Crippen LogP contribution in [0.4, 0.5) is 4.39 Å². The second kappa shape index (κ2) is 10.4. The van der Waals surface area contributed by atoms with Gasteiger partial charge in [0, 0.05) is 5.88 Å². The van der Waals surface area contributed by atoms with Gasteiger partial charge in [-0.15, -0.1) is 11.6 Å². The number of nitrogens with one attached hydrogen (secondary N) is 1. The predicted octanol–water partition coefficient (Wildman–Crippen LogP) is 4.87. The minimum atomic E-state index is -3.78. The van der Waals surface area contributed by atoms with Gasteiger partial charge in [0.05, 0.1) is 10.6 Å². The van der Waals surface area contributed by atoms with Crippen molar-refractivity contribution in [3.8, 4) is 0 Å². The van der Waals surface area contributed by atoms with Crippen LogP contribution in [0.1, 0.15) is 43.7 Å². The molecule has 2 aromatic carbocycles. The molecule has 146 valence electrons. The average molecular weight is 411 g/mol. The van der Waals surface area contributed by atoms with Crippen LogP contribution in [0.25, 0.3) is 0 Å². The Balaban J connectivity index is 2.18. The molecule has 2 rings (SSSR count). The lowest BCUT2D eigenvalue weighted by Gasteiger charge is -2.09. The highest BCUT2D eigenvalue weighted by Crippen LogP contribution is 2.14. The highest BCUT2D eigenvalue weighted by molar-refractivity contribution is 7.89. The number of hydrogen-bond donors (Lipinski definition) is 1. The first-order chi connectivity index (χ1) is 13.0. The fraction of sp³-hybridized carbons (Fsp3) is 0.350. The normalized spacial score (nSPS) is 12.2. The quantitative estimate of drug-likeness (QED) is 0.345. The molecule has 27 heavy (non-hydrogen) atoms. The summed E-state index contributed by atoms with van der Waals surface area (Å²) < 4.78 is 38.2. The average Bonchev–Trinajstić information content (AvgIpc) is 2.67. The second-order valence-corrected chi connectivity index (χ2v) is 8.24. The van der Waals surface area contributed by atoms with Crippen molar-refractivity contribution in [1.82, 2.24) is 4.83 Å². The lowest BCUT2D eigenvalue weighted by Crippen LogP contribution is -2.21. The van der Waals surface area contributed by atoms with E-state index < -0.39 is 10.0 Å². The number of nitrogens with zero attached hydrogens (tertiary/aromatic N) is 1. The third kappa shape index (κ3) is 6.63. The molecular formula is C20H24ClFN2O2S. The summed E-state index contributed by atoms with van der Waals surface area (Å²) in [5.74, 6) is 0.0609. The van der Waals surface area contributed by atoms with Gasteiger partial charge in [-0.2, -0.15) is 18.4 Å². The summed E-state index contributed by atoms with van der Waals surface area (Å²) in [6.45, 7) is 2.11. The van der Waals surface area contributed by atoms with Crippen molar-refractivity contribution in [2.45, 2.75) is 43.9 Å². The summed E-state index contributed by atoms with van der Waals surface area (Å²) in [5.41, 5.74) is 2.27. The number of halogens is 2. The zero-order valence-electron chi connectivity index (χ0n) is 15.3. The molecule has 0 saturated heterocycles. The number of hydrogen-bond acceptors (Lipinski definition) is 3. The summed E-state index contributed by atoms with van der Waals surface area (Å²) >= 11 is 5.74. The number of rotatable bonds is 10. The highest BCUT2D eigenvalue weighted by atomic mass is 35.5. The van der Waals surface area contributed by atoms with E-state index in [1.165, 1.54) is 12.1 Å². The van der Waals surface area contributed by atoms with Crippen LogP contribution in [0.5, 0.6) is 0 Å². The zero-order chi connectivity index (χ0) is 19.7. The van der Waals surface area contributed by atoms with Gasteiger partial charge in [0.1, 0.15) is 5.82 Å². The van der Waals surface area contributed by atoms with E-state index in [9.17, 15) is 12.8 Å². The Hall–Kier alpha value is -1.92. The van der Waals surface area contributed by atoms with Gasteiger partial charge in [0.25, 0.3) is 10.0 Å². The number of benzene rings is 2. The summed E-state index contributed by atoms with van der Waals surface area (Å²) in [7, 11) is -3.78. The lowest BCUT2D eigenvalue weighted by atomic mass is 10.1. The van der Waals surface area contributed by atoms with Crippen LogP contribution in [-0.2, 0) is 16.4 Å². The molecule has 2 aromatic rings. The van der Waals surface area contributed by atoms with Gasteiger partial charge in [-0.25, -0.2) is 4.39 Å². The van der Waals surface area contributed by atoms with Gasteiger partial charge >= 0.3 is 0 Å². The van der Waals surface area contributed by atoms with Gasteiger partial charge in [-0.3, -0.25) is 0 Å². The van der Waals surface area contributed by atoms with Crippen molar-refractivity contribution in [3.05, 3.63) is 65.5 Å². The van der Waals surface area contributed by atoms with Crippen LogP contribution in [-0.4, -0.2) is 20.0 Å². The first-order valence-corrected chi connectivity index (χ1v) is 11.0. The summed E-state index contributed by atoms with van der Waals surface area (Å²) in [6.07, 6.45) is 4.19. The molecule has 0 heterocycles. The largest absolute Gasteiger partial charge is 0.276 e. The van der Waals surface area contributed by atoms with Crippen molar-refractivity contribution < 1.29 is 12.8 Å². The van der Waals surface area contributed by atoms with E-state index in [1.54, 1.807) is 24.3 Å². The van der Waals surface area contributed by atoms with Crippen LogP contribution in [0.2, 0.25) is 0 Å². The Labute approximate surface area is 165 Å². The number of unbranched alkanes of at least 4 members (excludes halogenated alkanes) is 1. The third-order valence-electron chi connectivity index (χ3n) is 4.08. The van der Waals surface area contributed by atoms with Crippen LogP contribution in [0.15, 0.2) is 58.5 Å². The smallest absolute Gasteiger partial charge is 0.207 e. The van der Waals surface area contributed by atoms with Crippen molar-refractivity contribution in [2.75, 3.05) is 5.88 Å². The minimum Gasteiger partial charge on any atom is -0.207 e. The van der Waals surface area contributed by atoms with Crippen molar-refractivity contribution in [3.63, 3.8) is 0 Å². The Morgan fingerprint density at radius 3 is 2.33 bits per heavy atom. The first-order valence-electron chi connectivity index (χ1n) is 8.95. The zero-order valence-corrected chi connectivity index (χ0v) is 16.9. The third-order valence-corrected chi connectivity index (χ3v) is 5.57. The first kappa shape index (κ1) is 21.4. The number of aryl methyl sites for hydroxylation is 1. The van der Waals surface area contributed by atoms with Gasteiger partial charge in [-0.05, 0) is 61.1 Å². The molecule has 0 fully saturated rings. The molecule has 0 amide bonds. The Bertz CT molecular complexity index is 851. The number of hydrazone groups is 1. The lowest BCUT2D eigenvalue weighted by molar-refractivity contribution is 0.584. The van der Waals surface area contributed by atoms with Crippen molar-refractivity contribution in [2.24, 2.45) is 5.10 Å². The molecule has 0 atom stereocenters. The molecule has 0 aliphatic carbocycles. The fourth-order valence-electron chi connectivity index (χ4n) is 2.53. The van der Waals surface area contributed by atoms with Crippen LogP contribution < -0.4 is 4.83 Å². The summed E-state index contributed by atoms with van der Waals surface area (Å²) in [5, 5.41) is 4.08. The maximum absolute atomic E-state index is 13.1. The monoisotopic (exact) mass is 410 g/mol. The maximum atomic E-state index is 13.1. The number of alkyl halides is 1. The predicted molar refractivity (Wildman–Crippen MR) is 108 cm³/mol. The van der Waals surface area contributed by atoms with E-state index >= 15 is 0 Å². The molecule has 0 radical (unpaired) electrons. The van der Waals surface area contributed by atoms with Crippen molar-refractivity contribution in [1.29, 1.82) is 0 Å². The highest BCUT2D eigenvalue weighted by Gasteiger charge is 2.14. The van der Waals surface area contributed by atoms with Gasteiger partial charge < -0.3 is 0 Å². The Morgan fingerprint density at radius 2 is 1.74 bits per heavy atom. The van der Waals surface area contributed by atoms with E-state index in [1.807, 2.05) is 12.1 Å². The molecule has 4 nitrogen and oxygen atoms in total. The molecule has 0 aromatic heterocycles. The number of sulfonamides is 1. The SMILES string of the molecule is CCCCc1ccc(S(=O)(=O)NN=C(CCCCl)c2ccc(F)cc2)cc1. The molecule has 1 N–H and O–H groups in total. The molecular weight excluding hydrogens is 387 g/mol. The van der Waals surface area contributed by atoms with Gasteiger partial charge in [0.15, 0.2) is 0 Å². The summed E-state index contributed by atoms with van der Waals surface area (Å²) in [6, 6.07) is 12.6. The van der Waals surface area contributed by atoms with E-state index in [4.69, 9.17) is 11.6 Å². The van der Waals surface area contributed by atoms with Gasteiger partial charge in [-0.1, -0.05) is 37.6 Å². The van der Waals surface area contributed by atoms with E-state index in [2.05, 4.69) is 16.9 Å². The van der Waals surface area contributed by atoms with Gasteiger partial charge in [0.2, 0.25) is 0 Å². The van der Waals surface area contributed by atoms with E-state index in [0.717, 1.165) is 24.8 Å². The van der Waals surface area contributed by atoms with Crippen LogP contribution in [0.3, 0.4) is 0 Å². The van der Waals surface area contributed by atoms with Crippen LogP contribution >= 0.6 is 11.6 Å². The molecule has 7 heteroatoms. The minimum absolute atomic E-state index is 0.155. The van der Waals surface area contributed by atoms with E-state index in [0.29, 0.717) is 30.0 Å². The topological polar surface area (TPSA) is 58.5 Å². The van der Waals surface area contributed by atoms with Crippen LogP contribution in [0, 0.1) is 5.82 Å². The van der Waals surface area contributed by atoms with Crippen molar-refractivity contribution >= 4 is 27.3 Å². The standard InChI is InChI=1S/C20H24ClFN2O2S/c1-2-3-5-16-7-13-19(14-8-16)27(25,26)24-23-20(6-4-15-21)17-9-11-18(22)12-10-17/h7-14,24H,2-6,15H2,1H3. The summed E-state index contributed by atoms with van der Waals surface area (Å²) in [4.78, 5) is 2.44. The fourth-order valence-corrected chi connectivity index (χ4v) is 3.49. The second-order valence-electron chi connectivity index (χ2n) is 6.20. The Morgan fingerprint density at radius 1 is 1.07 bits per heavy atom.